The topological polar surface area (TPSA) is 41.0 Å². The smallest absolute Gasteiger partial charge is 0.126 e. The quantitative estimate of drug-likeness (QED) is 0.741. The van der Waals surface area contributed by atoms with E-state index in [9.17, 15) is 0 Å². The van der Waals surface area contributed by atoms with Crippen molar-refractivity contribution in [2.75, 3.05) is 0 Å². The van der Waals surface area contributed by atoms with Crippen molar-refractivity contribution in [1.29, 1.82) is 0 Å². The van der Waals surface area contributed by atoms with Crippen molar-refractivity contribution < 1.29 is 0 Å². The molecule has 2 aromatic heterocycles. The molecule has 0 aliphatic heterocycles. The highest BCUT2D eigenvalue weighted by Crippen LogP contribution is 2.26. The van der Waals surface area contributed by atoms with E-state index in [1.54, 1.807) is 17.6 Å². The zero-order chi connectivity index (χ0) is 14.7. The van der Waals surface area contributed by atoms with Gasteiger partial charge in [-0.2, -0.15) is 0 Å². The van der Waals surface area contributed by atoms with Gasteiger partial charge < -0.3 is 4.98 Å². The molecule has 0 aliphatic rings. The van der Waals surface area contributed by atoms with Crippen LogP contribution in [0.25, 0.3) is 34.6 Å². The van der Waals surface area contributed by atoms with Crippen LogP contribution in [0.2, 0.25) is 0 Å². The average molecular weight is 293 g/mol. The molecule has 2 heterocycles. The van der Waals surface area contributed by atoms with E-state index in [4.69, 9.17) is 4.98 Å². The Kier molecular flexibility index (Phi) is 3.79. The first-order valence-corrected chi connectivity index (χ1v) is 7.53. The van der Waals surface area contributed by atoms with E-state index in [0.717, 1.165) is 32.4 Å². The van der Waals surface area contributed by atoms with Crippen LogP contribution in [0.4, 0.5) is 0 Å². The van der Waals surface area contributed by atoms with E-state index in [1.165, 1.54) is 0 Å². The molecule has 3 rings (SSSR count). The van der Waals surface area contributed by atoms with E-state index in [-0.39, 0.29) is 0 Å². The number of aliphatic imine (C=N–C) groups is 1. The number of H-pyrrole nitrogens is 1. The molecule has 0 fully saturated rings. The van der Waals surface area contributed by atoms with Crippen molar-refractivity contribution in [2.45, 2.75) is 6.92 Å². The summed E-state index contributed by atoms with van der Waals surface area (Å²) in [5.41, 5.74) is 3.16. The first kappa shape index (κ1) is 13.5. The first-order chi connectivity index (χ1) is 10.3. The highest BCUT2D eigenvalue weighted by molar-refractivity contribution is 7.13. The molecular weight excluding hydrogens is 278 g/mol. The Morgan fingerprint density at radius 2 is 2.10 bits per heavy atom. The highest BCUT2D eigenvalue weighted by Gasteiger charge is 2.09. The average Bonchev–Trinajstić information content (AvgIpc) is 3.13. The third-order valence-corrected chi connectivity index (χ3v) is 4.04. The van der Waals surface area contributed by atoms with Crippen molar-refractivity contribution in [3.8, 4) is 21.8 Å². The van der Waals surface area contributed by atoms with E-state index >= 15 is 0 Å². The summed E-state index contributed by atoms with van der Waals surface area (Å²) in [7, 11) is 0. The van der Waals surface area contributed by atoms with E-state index in [1.807, 2.05) is 37.5 Å². The van der Waals surface area contributed by atoms with E-state index < -0.39 is 0 Å². The van der Waals surface area contributed by atoms with Crippen LogP contribution in [0.3, 0.4) is 0 Å². The Bertz CT molecular complexity index is 872. The van der Waals surface area contributed by atoms with Gasteiger partial charge in [-0.05, 0) is 6.92 Å². The molecule has 0 amide bonds. The van der Waals surface area contributed by atoms with Gasteiger partial charge in [0.15, 0.2) is 0 Å². The standard InChI is InChI=1S/C17H15N3S/c1-3-18-9-14-12(2)19-10-15(14)17-20-16(11-21-17)13-7-5-4-6-8-13/h3-11,19H,2H2,1H3/b14-9+,18-3?. The van der Waals surface area contributed by atoms with Crippen LogP contribution in [0.5, 0.6) is 0 Å². The number of aromatic amines is 1. The fourth-order valence-electron chi connectivity index (χ4n) is 2.09. The molecule has 0 atom stereocenters. The molecule has 104 valence electrons. The van der Waals surface area contributed by atoms with Crippen LogP contribution in [-0.2, 0) is 0 Å². The lowest BCUT2D eigenvalue weighted by molar-refractivity contribution is 1.32. The number of nitrogens with zero attached hydrogens (tertiary/aromatic N) is 2. The number of benzene rings is 1. The fraction of sp³-hybridized carbons (Fsp3) is 0.0588. The van der Waals surface area contributed by atoms with Crippen molar-refractivity contribution in [2.24, 2.45) is 4.99 Å². The van der Waals surface area contributed by atoms with Crippen LogP contribution >= 0.6 is 11.3 Å². The molecule has 0 spiro atoms. The van der Waals surface area contributed by atoms with Gasteiger partial charge in [-0.25, -0.2) is 4.98 Å². The molecule has 0 bridgehead atoms. The maximum absolute atomic E-state index is 4.73. The van der Waals surface area contributed by atoms with Crippen LogP contribution in [0, 0.1) is 0 Å². The van der Waals surface area contributed by atoms with Gasteiger partial charge in [0.1, 0.15) is 5.01 Å². The molecule has 0 unspecified atom stereocenters. The van der Waals surface area contributed by atoms with E-state index in [0.29, 0.717) is 0 Å². The van der Waals surface area contributed by atoms with Gasteiger partial charge in [-0.1, -0.05) is 36.9 Å². The van der Waals surface area contributed by atoms with Crippen LogP contribution < -0.4 is 10.6 Å². The second-order valence-corrected chi connectivity index (χ2v) is 5.39. The van der Waals surface area contributed by atoms with Gasteiger partial charge >= 0.3 is 0 Å². The SMILES string of the molecule is C=c1[nH]cc(-c2nc(-c3ccccc3)cs2)/c1=C/N=CC. The van der Waals surface area contributed by atoms with E-state index in [2.05, 4.69) is 34.1 Å². The van der Waals surface area contributed by atoms with Gasteiger partial charge in [0, 0.05) is 45.7 Å². The minimum atomic E-state index is 0.854. The normalized spacial score (nSPS) is 12.3. The summed E-state index contributed by atoms with van der Waals surface area (Å²) in [6.07, 6.45) is 5.51. The molecule has 0 saturated heterocycles. The Balaban J connectivity index is 2.08. The minimum absolute atomic E-state index is 0.854. The number of hydrogen-bond acceptors (Lipinski definition) is 3. The third-order valence-electron chi connectivity index (χ3n) is 3.16. The molecule has 3 nitrogen and oxygen atoms in total. The maximum atomic E-state index is 4.73. The summed E-state index contributed by atoms with van der Waals surface area (Å²) < 4.78 is 0. The van der Waals surface area contributed by atoms with Crippen molar-refractivity contribution >= 4 is 30.3 Å². The summed E-state index contributed by atoms with van der Waals surface area (Å²) in [6, 6.07) is 10.2. The summed E-state index contributed by atoms with van der Waals surface area (Å²) in [5.74, 6) is 0. The Labute approximate surface area is 127 Å². The van der Waals surface area contributed by atoms with Gasteiger partial charge in [-0.3, -0.25) is 4.99 Å². The fourth-order valence-corrected chi connectivity index (χ4v) is 2.95. The van der Waals surface area contributed by atoms with Gasteiger partial charge in [-0.15, -0.1) is 11.3 Å². The molecule has 1 aromatic carbocycles. The number of aromatic nitrogens is 2. The molecule has 0 radical (unpaired) electrons. The maximum Gasteiger partial charge on any atom is 0.126 e. The molecule has 4 heteroatoms. The predicted molar refractivity (Wildman–Crippen MR) is 90.7 cm³/mol. The summed E-state index contributed by atoms with van der Waals surface area (Å²) in [4.78, 5) is 12.1. The lowest BCUT2D eigenvalue weighted by Gasteiger charge is -1.94. The summed E-state index contributed by atoms with van der Waals surface area (Å²) in [6.45, 7) is 5.89. The van der Waals surface area contributed by atoms with Crippen LogP contribution in [0.15, 0.2) is 46.9 Å². The highest BCUT2D eigenvalue weighted by atomic mass is 32.1. The van der Waals surface area contributed by atoms with Crippen LogP contribution in [0.1, 0.15) is 6.92 Å². The molecule has 0 aliphatic carbocycles. The number of nitrogens with one attached hydrogen (secondary N) is 1. The number of rotatable bonds is 3. The molecule has 21 heavy (non-hydrogen) atoms. The largest absolute Gasteiger partial charge is 0.361 e. The molecule has 3 aromatic rings. The third kappa shape index (κ3) is 2.71. The second-order valence-electron chi connectivity index (χ2n) is 4.53. The first-order valence-electron chi connectivity index (χ1n) is 6.65. The van der Waals surface area contributed by atoms with Crippen molar-refractivity contribution in [1.82, 2.24) is 9.97 Å². The lowest BCUT2D eigenvalue weighted by Crippen LogP contribution is -2.21. The number of hydrogen-bond donors (Lipinski definition) is 1. The second kappa shape index (κ2) is 5.89. The van der Waals surface area contributed by atoms with Gasteiger partial charge in [0.05, 0.1) is 5.69 Å². The summed E-state index contributed by atoms with van der Waals surface area (Å²) >= 11 is 1.63. The zero-order valence-corrected chi connectivity index (χ0v) is 12.5. The Hall–Kier alpha value is -2.46. The van der Waals surface area contributed by atoms with Gasteiger partial charge in [0.25, 0.3) is 0 Å². The molecule has 0 saturated carbocycles. The molecular formula is C17H15N3S. The predicted octanol–water partition coefficient (Wildman–Crippen LogP) is 3.04. The minimum Gasteiger partial charge on any atom is -0.361 e. The number of thiazole rings is 1. The van der Waals surface area contributed by atoms with Crippen molar-refractivity contribution in [3.05, 3.63) is 52.5 Å². The van der Waals surface area contributed by atoms with Gasteiger partial charge in [0.2, 0.25) is 0 Å². The monoisotopic (exact) mass is 293 g/mol. The Morgan fingerprint density at radius 1 is 1.29 bits per heavy atom. The zero-order valence-electron chi connectivity index (χ0n) is 11.7. The van der Waals surface area contributed by atoms with Crippen LogP contribution in [-0.4, -0.2) is 16.2 Å². The summed E-state index contributed by atoms with van der Waals surface area (Å²) in [5, 5.41) is 4.89. The molecule has 1 N–H and O–H groups in total. The Morgan fingerprint density at radius 3 is 2.86 bits per heavy atom. The lowest BCUT2D eigenvalue weighted by atomic mass is 10.2. The van der Waals surface area contributed by atoms with Crippen molar-refractivity contribution in [3.63, 3.8) is 0 Å².